The van der Waals surface area contributed by atoms with E-state index < -0.39 is 17.6 Å². The van der Waals surface area contributed by atoms with Gasteiger partial charge in [-0.1, -0.05) is 15.9 Å². The fourth-order valence-electron chi connectivity index (χ4n) is 2.88. The van der Waals surface area contributed by atoms with Gasteiger partial charge < -0.3 is 16.0 Å². The van der Waals surface area contributed by atoms with Crippen LogP contribution in [0, 0.1) is 5.82 Å². The maximum atomic E-state index is 14.0. The molecule has 0 aromatic heterocycles. The molecule has 1 saturated heterocycles. The number of carbonyl (C=O) groups is 2. The van der Waals surface area contributed by atoms with Crippen molar-refractivity contribution in [1.29, 1.82) is 0 Å². The molecule has 1 aliphatic heterocycles. The molecule has 0 atom stereocenters. The highest BCUT2D eigenvalue weighted by atomic mass is 79.9. The molecule has 25 heavy (non-hydrogen) atoms. The van der Waals surface area contributed by atoms with E-state index in [0.29, 0.717) is 10.2 Å². The van der Waals surface area contributed by atoms with Crippen LogP contribution in [-0.2, 0) is 0 Å². The van der Waals surface area contributed by atoms with Gasteiger partial charge in [0.05, 0.1) is 16.9 Å². The molecule has 7 heteroatoms. The molecular formula is C18H17BrFN3O2. The van der Waals surface area contributed by atoms with Crippen molar-refractivity contribution in [2.75, 3.05) is 23.3 Å². The Morgan fingerprint density at radius 3 is 2.52 bits per heavy atom. The van der Waals surface area contributed by atoms with Gasteiger partial charge in [0.2, 0.25) is 5.91 Å². The molecule has 1 aliphatic rings. The lowest BCUT2D eigenvalue weighted by molar-refractivity contribution is 0.0995. The van der Waals surface area contributed by atoms with Crippen LogP contribution in [0.25, 0.3) is 0 Å². The van der Waals surface area contributed by atoms with Gasteiger partial charge in [0.25, 0.3) is 5.91 Å². The number of benzene rings is 2. The summed E-state index contributed by atoms with van der Waals surface area (Å²) in [6.07, 6.45) is 2.12. The van der Waals surface area contributed by atoms with E-state index in [-0.39, 0.29) is 11.1 Å². The topological polar surface area (TPSA) is 75.4 Å². The maximum Gasteiger partial charge on any atom is 0.258 e. The van der Waals surface area contributed by atoms with Gasteiger partial charge in [0, 0.05) is 23.1 Å². The van der Waals surface area contributed by atoms with E-state index in [2.05, 4.69) is 26.1 Å². The summed E-state index contributed by atoms with van der Waals surface area (Å²) >= 11 is 3.23. The number of nitrogens with one attached hydrogen (secondary N) is 1. The molecule has 0 saturated carbocycles. The molecule has 5 nitrogen and oxygen atoms in total. The van der Waals surface area contributed by atoms with E-state index >= 15 is 0 Å². The average molecular weight is 406 g/mol. The highest BCUT2D eigenvalue weighted by molar-refractivity contribution is 9.10. The number of rotatable bonds is 4. The second-order valence-electron chi connectivity index (χ2n) is 5.87. The molecule has 0 radical (unpaired) electrons. The summed E-state index contributed by atoms with van der Waals surface area (Å²) < 4.78 is 14.6. The maximum absolute atomic E-state index is 14.0. The van der Waals surface area contributed by atoms with Crippen molar-refractivity contribution in [1.82, 2.24) is 0 Å². The molecule has 0 aliphatic carbocycles. The number of amides is 2. The van der Waals surface area contributed by atoms with Gasteiger partial charge in [-0.15, -0.1) is 0 Å². The standard InChI is InChI=1S/C18H17BrFN3O2/c19-12-4-5-14(20)13(10-12)18(25)22-15-9-11(17(21)24)3-6-16(15)23-7-1-2-8-23/h3-6,9-10H,1-2,7-8H2,(H2,21,24)(H,22,25). The number of anilines is 2. The molecule has 1 fully saturated rings. The van der Waals surface area contributed by atoms with Crippen LogP contribution in [0.2, 0.25) is 0 Å². The van der Waals surface area contributed by atoms with Crippen LogP contribution in [0.1, 0.15) is 33.6 Å². The molecule has 130 valence electrons. The fourth-order valence-corrected chi connectivity index (χ4v) is 3.25. The molecular weight excluding hydrogens is 389 g/mol. The van der Waals surface area contributed by atoms with E-state index in [1.807, 2.05) is 0 Å². The van der Waals surface area contributed by atoms with Crippen molar-refractivity contribution in [2.24, 2.45) is 5.73 Å². The monoisotopic (exact) mass is 405 g/mol. The fraction of sp³-hybridized carbons (Fsp3) is 0.222. The van der Waals surface area contributed by atoms with Crippen LogP contribution in [0.3, 0.4) is 0 Å². The third-order valence-corrected chi connectivity index (χ3v) is 4.64. The Labute approximate surface area is 153 Å². The van der Waals surface area contributed by atoms with Crippen LogP contribution in [0.5, 0.6) is 0 Å². The van der Waals surface area contributed by atoms with E-state index in [1.54, 1.807) is 12.1 Å². The Morgan fingerprint density at radius 2 is 1.84 bits per heavy atom. The highest BCUT2D eigenvalue weighted by Crippen LogP contribution is 2.31. The lowest BCUT2D eigenvalue weighted by atomic mass is 10.1. The van der Waals surface area contributed by atoms with E-state index in [9.17, 15) is 14.0 Å². The predicted molar refractivity (Wildman–Crippen MR) is 98.5 cm³/mol. The highest BCUT2D eigenvalue weighted by Gasteiger charge is 2.20. The summed E-state index contributed by atoms with van der Waals surface area (Å²) in [5.74, 6) is -1.78. The van der Waals surface area contributed by atoms with Gasteiger partial charge in [0.15, 0.2) is 0 Å². The first-order chi connectivity index (χ1) is 12.0. The zero-order valence-corrected chi connectivity index (χ0v) is 15.0. The zero-order valence-electron chi connectivity index (χ0n) is 13.4. The van der Waals surface area contributed by atoms with Crippen LogP contribution in [0.15, 0.2) is 40.9 Å². The van der Waals surface area contributed by atoms with Gasteiger partial charge in [-0.25, -0.2) is 4.39 Å². The number of hydrogen-bond acceptors (Lipinski definition) is 3. The van der Waals surface area contributed by atoms with Gasteiger partial charge in [0.1, 0.15) is 5.82 Å². The van der Waals surface area contributed by atoms with Gasteiger partial charge in [-0.05, 0) is 49.2 Å². The van der Waals surface area contributed by atoms with Crippen LogP contribution in [-0.4, -0.2) is 24.9 Å². The average Bonchev–Trinajstić information content (AvgIpc) is 3.11. The number of carbonyl (C=O) groups excluding carboxylic acids is 2. The third kappa shape index (κ3) is 3.82. The summed E-state index contributed by atoms with van der Waals surface area (Å²) in [5, 5.41) is 2.72. The Kier molecular flexibility index (Phi) is 5.03. The molecule has 0 bridgehead atoms. The summed E-state index contributed by atoms with van der Waals surface area (Å²) in [5.41, 5.74) is 6.79. The smallest absolute Gasteiger partial charge is 0.258 e. The summed E-state index contributed by atoms with van der Waals surface area (Å²) in [6.45, 7) is 1.73. The van der Waals surface area contributed by atoms with Gasteiger partial charge in [-0.3, -0.25) is 9.59 Å². The molecule has 2 aromatic carbocycles. The Balaban J connectivity index is 1.96. The first-order valence-corrected chi connectivity index (χ1v) is 8.70. The first-order valence-electron chi connectivity index (χ1n) is 7.91. The van der Waals surface area contributed by atoms with E-state index in [0.717, 1.165) is 31.6 Å². The second kappa shape index (κ2) is 7.23. The Morgan fingerprint density at radius 1 is 1.12 bits per heavy atom. The van der Waals surface area contributed by atoms with E-state index in [4.69, 9.17) is 5.73 Å². The quantitative estimate of drug-likeness (QED) is 0.816. The molecule has 1 heterocycles. The molecule has 2 aromatic rings. The lowest BCUT2D eigenvalue weighted by Crippen LogP contribution is -2.22. The molecule has 3 rings (SSSR count). The Bertz CT molecular complexity index is 835. The number of primary amides is 1. The van der Waals surface area contributed by atoms with Crippen molar-refractivity contribution in [3.05, 3.63) is 57.8 Å². The molecule has 3 N–H and O–H groups in total. The molecule has 2 amide bonds. The van der Waals surface area contributed by atoms with E-state index in [1.165, 1.54) is 24.3 Å². The number of halogens is 2. The Hall–Kier alpha value is -2.41. The minimum Gasteiger partial charge on any atom is -0.370 e. The lowest BCUT2D eigenvalue weighted by Gasteiger charge is -2.22. The minimum absolute atomic E-state index is 0.0776. The van der Waals surface area contributed by atoms with Crippen LogP contribution < -0.4 is 16.0 Å². The summed E-state index contributed by atoms with van der Waals surface area (Å²) in [7, 11) is 0. The minimum atomic E-state index is -0.616. The second-order valence-corrected chi connectivity index (χ2v) is 6.78. The third-order valence-electron chi connectivity index (χ3n) is 4.15. The van der Waals surface area contributed by atoms with Gasteiger partial charge >= 0.3 is 0 Å². The summed E-state index contributed by atoms with van der Waals surface area (Å²) in [4.78, 5) is 26.1. The van der Waals surface area contributed by atoms with Crippen molar-refractivity contribution in [3.8, 4) is 0 Å². The first kappa shape index (κ1) is 17.4. The zero-order chi connectivity index (χ0) is 18.0. The SMILES string of the molecule is NC(=O)c1ccc(N2CCCC2)c(NC(=O)c2cc(Br)ccc2F)c1. The number of hydrogen-bond donors (Lipinski definition) is 2. The largest absolute Gasteiger partial charge is 0.370 e. The predicted octanol–water partition coefficient (Wildman–Crippen LogP) is 3.54. The van der Waals surface area contributed by atoms with Crippen molar-refractivity contribution in [3.63, 3.8) is 0 Å². The van der Waals surface area contributed by atoms with Crippen molar-refractivity contribution < 1.29 is 14.0 Å². The van der Waals surface area contributed by atoms with Crippen LogP contribution >= 0.6 is 15.9 Å². The van der Waals surface area contributed by atoms with Crippen LogP contribution in [0.4, 0.5) is 15.8 Å². The van der Waals surface area contributed by atoms with Gasteiger partial charge in [-0.2, -0.15) is 0 Å². The molecule has 0 spiro atoms. The number of nitrogens with two attached hydrogens (primary N) is 1. The van der Waals surface area contributed by atoms with Crippen molar-refractivity contribution in [2.45, 2.75) is 12.8 Å². The summed E-state index contributed by atoms with van der Waals surface area (Å²) in [6, 6.07) is 9.08. The normalized spacial score (nSPS) is 13.8. The molecule has 0 unspecified atom stereocenters. The van der Waals surface area contributed by atoms with Crippen molar-refractivity contribution >= 4 is 39.1 Å². The number of nitrogens with zero attached hydrogens (tertiary/aromatic N) is 1.